The Kier molecular flexibility index (Phi) is 4.39. The van der Waals surface area contributed by atoms with Crippen molar-refractivity contribution in [3.05, 3.63) is 0 Å². The van der Waals surface area contributed by atoms with Crippen LogP contribution in [-0.2, 0) is 4.79 Å². The summed E-state index contributed by atoms with van der Waals surface area (Å²) in [5.74, 6) is 0.815. The highest BCUT2D eigenvalue weighted by Crippen LogP contribution is 2.27. The maximum absolute atomic E-state index is 11.6. The minimum Gasteiger partial charge on any atom is -0.352 e. The molecule has 0 heterocycles. The maximum Gasteiger partial charge on any atom is 0.237 e. The average Bonchev–Trinajstić information content (AvgIpc) is 2.69. The molecular weight excluding hydrogens is 176 g/mol. The van der Waals surface area contributed by atoms with E-state index in [0.717, 1.165) is 0 Å². The molecule has 1 fully saturated rings. The summed E-state index contributed by atoms with van der Waals surface area (Å²) in [6, 6.07) is 0.250. The number of likely N-dealkylation sites (N-methyl/N-ethyl adjacent to an activating group) is 1. The Morgan fingerprint density at radius 2 is 1.86 bits per heavy atom. The predicted octanol–water partition coefficient (Wildman–Crippen LogP) is 1.29. The molecule has 2 N–H and O–H groups in total. The number of nitrogens with one attached hydrogen (secondary N) is 2. The van der Waals surface area contributed by atoms with E-state index >= 15 is 0 Å². The van der Waals surface area contributed by atoms with Gasteiger partial charge in [0.05, 0.1) is 6.04 Å². The van der Waals surface area contributed by atoms with E-state index in [9.17, 15) is 4.79 Å². The van der Waals surface area contributed by atoms with Crippen molar-refractivity contribution >= 4 is 5.91 Å². The fraction of sp³-hybridized carbons (Fsp3) is 0.909. The van der Waals surface area contributed by atoms with Crippen LogP contribution < -0.4 is 10.6 Å². The highest BCUT2D eigenvalue weighted by Gasteiger charge is 2.23. The van der Waals surface area contributed by atoms with Crippen molar-refractivity contribution in [1.82, 2.24) is 10.6 Å². The number of amides is 1. The Morgan fingerprint density at radius 1 is 1.29 bits per heavy atom. The monoisotopic (exact) mass is 198 g/mol. The van der Waals surface area contributed by atoms with Gasteiger partial charge in [-0.2, -0.15) is 0 Å². The molecule has 1 saturated carbocycles. The Morgan fingerprint density at radius 3 is 2.36 bits per heavy atom. The molecular formula is C11H22N2O. The fourth-order valence-corrected chi connectivity index (χ4v) is 2.06. The molecule has 0 bridgehead atoms. The average molecular weight is 198 g/mol. The lowest BCUT2D eigenvalue weighted by molar-refractivity contribution is -0.123. The second-order valence-corrected chi connectivity index (χ2v) is 4.35. The van der Waals surface area contributed by atoms with Crippen molar-refractivity contribution in [3.63, 3.8) is 0 Å². The van der Waals surface area contributed by atoms with E-state index in [0.29, 0.717) is 12.0 Å². The maximum atomic E-state index is 11.6. The topological polar surface area (TPSA) is 41.1 Å². The standard InChI is InChI=1S/C11H22N2O/c1-8(10-6-4-5-7-10)13-11(14)9(2)12-3/h8-10,12H,4-7H2,1-3H3,(H,13,14)/t8-,9?/m1/s1. The van der Waals surface area contributed by atoms with Gasteiger partial charge >= 0.3 is 0 Å². The van der Waals surface area contributed by atoms with Crippen molar-refractivity contribution in [2.75, 3.05) is 7.05 Å². The first-order valence-corrected chi connectivity index (χ1v) is 5.62. The third-order valence-corrected chi connectivity index (χ3v) is 3.30. The molecule has 1 amide bonds. The van der Waals surface area contributed by atoms with Crippen LogP contribution in [0.25, 0.3) is 0 Å². The van der Waals surface area contributed by atoms with E-state index in [2.05, 4.69) is 17.6 Å². The Balaban J connectivity index is 2.31. The van der Waals surface area contributed by atoms with Crippen LogP contribution in [0.15, 0.2) is 0 Å². The summed E-state index contributed by atoms with van der Waals surface area (Å²) < 4.78 is 0. The minimum absolute atomic E-state index is 0.0844. The Hall–Kier alpha value is -0.570. The van der Waals surface area contributed by atoms with E-state index in [-0.39, 0.29) is 11.9 Å². The molecule has 2 atom stereocenters. The molecule has 3 heteroatoms. The van der Waals surface area contributed by atoms with Gasteiger partial charge in [-0.05, 0) is 39.7 Å². The molecule has 0 aromatic carbocycles. The van der Waals surface area contributed by atoms with Crippen LogP contribution in [0.5, 0.6) is 0 Å². The van der Waals surface area contributed by atoms with Crippen LogP contribution in [0.1, 0.15) is 39.5 Å². The lowest BCUT2D eigenvalue weighted by atomic mass is 9.99. The number of rotatable bonds is 4. The lowest BCUT2D eigenvalue weighted by Crippen LogP contribution is -2.46. The van der Waals surface area contributed by atoms with Gasteiger partial charge in [-0.1, -0.05) is 12.8 Å². The molecule has 0 saturated heterocycles. The van der Waals surface area contributed by atoms with Gasteiger partial charge in [0, 0.05) is 6.04 Å². The SMILES string of the molecule is CNC(C)C(=O)N[C@H](C)C1CCCC1. The first-order valence-electron chi connectivity index (χ1n) is 5.62. The normalized spacial score (nSPS) is 21.9. The zero-order chi connectivity index (χ0) is 10.6. The summed E-state index contributed by atoms with van der Waals surface area (Å²) in [7, 11) is 1.81. The molecule has 1 aliphatic rings. The molecule has 0 radical (unpaired) electrons. The third-order valence-electron chi connectivity index (χ3n) is 3.30. The fourth-order valence-electron chi connectivity index (χ4n) is 2.06. The lowest BCUT2D eigenvalue weighted by Gasteiger charge is -2.22. The predicted molar refractivity (Wildman–Crippen MR) is 58.1 cm³/mol. The summed E-state index contributed by atoms with van der Waals surface area (Å²) in [6.45, 7) is 4.01. The largest absolute Gasteiger partial charge is 0.352 e. The third kappa shape index (κ3) is 2.98. The summed E-state index contributed by atoms with van der Waals surface area (Å²) in [5.41, 5.74) is 0. The number of hydrogen-bond donors (Lipinski definition) is 2. The molecule has 82 valence electrons. The zero-order valence-electron chi connectivity index (χ0n) is 9.47. The van der Waals surface area contributed by atoms with Crippen LogP contribution >= 0.6 is 0 Å². The minimum atomic E-state index is -0.0844. The molecule has 0 aromatic rings. The van der Waals surface area contributed by atoms with Gasteiger partial charge in [0.15, 0.2) is 0 Å². The molecule has 14 heavy (non-hydrogen) atoms. The number of hydrogen-bond acceptors (Lipinski definition) is 2. The van der Waals surface area contributed by atoms with E-state index in [1.54, 1.807) is 0 Å². The van der Waals surface area contributed by atoms with E-state index in [1.165, 1.54) is 25.7 Å². The second kappa shape index (κ2) is 5.35. The smallest absolute Gasteiger partial charge is 0.237 e. The summed E-state index contributed by atoms with van der Waals surface area (Å²) in [5, 5.41) is 6.02. The van der Waals surface area contributed by atoms with E-state index < -0.39 is 0 Å². The first-order chi connectivity index (χ1) is 6.65. The molecule has 0 aliphatic heterocycles. The molecule has 1 aliphatic carbocycles. The van der Waals surface area contributed by atoms with E-state index in [1.807, 2.05) is 14.0 Å². The van der Waals surface area contributed by atoms with Crippen molar-refractivity contribution in [2.24, 2.45) is 5.92 Å². The van der Waals surface area contributed by atoms with Gasteiger partial charge in [-0.3, -0.25) is 4.79 Å². The van der Waals surface area contributed by atoms with Crippen LogP contribution in [0.3, 0.4) is 0 Å². The highest BCUT2D eigenvalue weighted by atomic mass is 16.2. The Bertz CT molecular complexity index is 188. The first kappa shape index (κ1) is 11.5. The van der Waals surface area contributed by atoms with Gasteiger partial charge in [-0.15, -0.1) is 0 Å². The molecule has 1 unspecified atom stereocenters. The molecule has 1 rings (SSSR count). The van der Waals surface area contributed by atoms with Gasteiger partial charge in [0.2, 0.25) is 5.91 Å². The van der Waals surface area contributed by atoms with Crippen LogP contribution in [-0.4, -0.2) is 25.0 Å². The van der Waals surface area contributed by atoms with Crippen LogP contribution in [0.2, 0.25) is 0 Å². The highest BCUT2D eigenvalue weighted by molar-refractivity contribution is 5.81. The van der Waals surface area contributed by atoms with Gasteiger partial charge in [-0.25, -0.2) is 0 Å². The molecule has 0 aromatic heterocycles. The number of carbonyl (C=O) groups excluding carboxylic acids is 1. The number of carbonyl (C=O) groups is 1. The van der Waals surface area contributed by atoms with Crippen LogP contribution in [0.4, 0.5) is 0 Å². The zero-order valence-corrected chi connectivity index (χ0v) is 9.47. The summed E-state index contributed by atoms with van der Waals surface area (Å²) in [6.07, 6.45) is 5.20. The second-order valence-electron chi connectivity index (χ2n) is 4.35. The summed E-state index contributed by atoms with van der Waals surface area (Å²) in [4.78, 5) is 11.6. The van der Waals surface area contributed by atoms with Crippen molar-refractivity contribution in [1.29, 1.82) is 0 Å². The van der Waals surface area contributed by atoms with Crippen molar-refractivity contribution in [2.45, 2.75) is 51.6 Å². The molecule has 3 nitrogen and oxygen atoms in total. The van der Waals surface area contributed by atoms with Gasteiger partial charge in [0.25, 0.3) is 0 Å². The van der Waals surface area contributed by atoms with Gasteiger partial charge in [0.1, 0.15) is 0 Å². The van der Waals surface area contributed by atoms with Gasteiger partial charge < -0.3 is 10.6 Å². The quantitative estimate of drug-likeness (QED) is 0.714. The van der Waals surface area contributed by atoms with Crippen molar-refractivity contribution in [3.8, 4) is 0 Å². The van der Waals surface area contributed by atoms with Crippen LogP contribution in [0, 0.1) is 5.92 Å². The Labute approximate surface area is 86.6 Å². The van der Waals surface area contributed by atoms with Crippen molar-refractivity contribution < 1.29 is 4.79 Å². The molecule has 0 spiro atoms. The summed E-state index contributed by atoms with van der Waals surface area (Å²) >= 11 is 0. The van der Waals surface area contributed by atoms with E-state index in [4.69, 9.17) is 0 Å².